The van der Waals surface area contributed by atoms with Crippen LogP contribution < -0.4 is 0 Å². The van der Waals surface area contributed by atoms with Crippen LogP contribution in [0.1, 0.15) is 20.3 Å². The van der Waals surface area contributed by atoms with Gasteiger partial charge in [-0.15, -0.1) is 0 Å². The van der Waals surface area contributed by atoms with Crippen LogP contribution >= 0.6 is 0 Å². The SMILES string of the molecule is C=C/C(=C/N=CC)CC. The van der Waals surface area contributed by atoms with Crippen LogP contribution in [0.25, 0.3) is 0 Å². The molecule has 0 N–H and O–H groups in total. The third kappa shape index (κ3) is 3.71. The second kappa shape index (κ2) is 5.29. The molecule has 0 aliphatic rings. The summed E-state index contributed by atoms with van der Waals surface area (Å²) < 4.78 is 0. The molecule has 0 aromatic rings. The lowest BCUT2D eigenvalue weighted by molar-refractivity contribution is 1.14. The summed E-state index contributed by atoms with van der Waals surface area (Å²) in [4.78, 5) is 3.96. The van der Waals surface area contributed by atoms with Gasteiger partial charge in [0.2, 0.25) is 0 Å². The van der Waals surface area contributed by atoms with E-state index in [2.05, 4.69) is 18.5 Å². The van der Waals surface area contributed by atoms with Crippen molar-refractivity contribution >= 4 is 6.21 Å². The predicted molar refractivity (Wildman–Crippen MR) is 42.7 cm³/mol. The molecule has 0 aromatic carbocycles. The minimum absolute atomic E-state index is 1.00. The van der Waals surface area contributed by atoms with E-state index < -0.39 is 0 Å². The summed E-state index contributed by atoms with van der Waals surface area (Å²) in [6.07, 6.45) is 6.42. The lowest BCUT2D eigenvalue weighted by atomic mass is 10.2. The topological polar surface area (TPSA) is 12.4 Å². The van der Waals surface area contributed by atoms with Crippen molar-refractivity contribution in [1.29, 1.82) is 0 Å². The van der Waals surface area contributed by atoms with E-state index >= 15 is 0 Å². The van der Waals surface area contributed by atoms with Crippen molar-refractivity contribution in [3.05, 3.63) is 24.4 Å². The van der Waals surface area contributed by atoms with E-state index in [0.717, 1.165) is 6.42 Å². The molecule has 0 saturated heterocycles. The van der Waals surface area contributed by atoms with Gasteiger partial charge in [-0.2, -0.15) is 0 Å². The van der Waals surface area contributed by atoms with Gasteiger partial charge in [-0.05, 0) is 18.9 Å². The highest BCUT2D eigenvalue weighted by atomic mass is 14.7. The molecule has 0 aliphatic carbocycles. The summed E-state index contributed by atoms with van der Waals surface area (Å²) in [5.41, 5.74) is 1.17. The van der Waals surface area contributed by atoms with Crippen molar-refractivity contribution in [3.63, 3.8) is 0 Å². The molecule has 0 saturated carbocycles. The number of hydrogen-bond acceptors (Lipinski definition) is 1. The van der Waals surface area contributed by atoms with Gasteiger partial charge in [0.05, 0.1) is 0 Å². The minimum atomic E-state index is 1.00. The Bertz CT molecular complexity index is 132. The van der Waals surface area contributed by atoms with Crippen molar-refractivity contribution in [2.45, 2.75) is 20.3 Å². The first-order valence-electron chi connectivity index (χ1n) is 3.14. The third-order valence-corrected chi connectivity index (χ3v) is 1.06. The highest BCUT2D eigenvalue weighted by molar-refractivity contribution is 5.54. The van der Waals surface area contributed by atoms with Gasteiger partial charge < -0.3 is 0 Å². The summed E-state index contributed by atoms with van der Waals surface area (Å²) in [5, 5.41) is 0. The molecule has 1 nitrogen and oxygen atoms in total. The average molecular weight is 123 g/mol. The highest BCUT2D eigenvalue weighted by Crippen LogP contribution is 1.99. The smallest absolute Gasteiger partial charge is 0.0295 e. The van der Waals surface area contributed by atoms with E-state index in [-0.39, 0.29) is 0 Å². The van der Waals surface area contributed by atoms with E-state index in [0.29, 0.717) is 0 Å². The van der Waals surface area contributed by atoms with Gasteiger partial charge in [0.25, 0.3) is 0 Å². The van der Waals surface area contributed by atoms with Crippen LogP contribution in [0.4, 0.5) is 0 Å². The van der Waals surface area contributed by atoms with Gasteiger partial charge in [-0.3, -0.25) is 4.99 Å². The molecule has 9 heavy (non-hydrogen) atoms. The number of hydrogen-bond donors (Lipinski definition) is 0. The zero-order chi connectivity index (χ0) is 7.11. The van der Waals surface area contributed by atoms with Crippen LogP contribution in [0.15, 0.2) is 29.4 Å². The van der Waals surface area contributed by atoms with Crippen molar-refractivity contribution < 1.29 is 0 Å². The highest BCUT2D eigenvalue weighted by Gasteiger charge is 1.80. The van der Waals surface area contributed by atoms with Crippen LogP contribution in [-0.4, -0.2) is 6.21 Å². The molecule has 0 rings (SSSR count). The Morgan fingerprint density at radius 2 is 2.33 bits per heavy atom. The third-order valence-electron chi connectivity index (χ3n) is 1.06. The van der Waals surface area contributed by atoms with Gasteiger partial charge in [0, 0.05) is 12.4 Å². The molecule has 0 radical (unpaired) electrons. The Labute approximate surface area is 56.8 Å². The van der Waals surface area contributed by atoms with Gasteiger partial charge >= 0.3 is 0 Å². The number of nitrogens with zero attached hydrogens (tertiary/aromatic N) is 1. The van der Waals surface area contributed by atoms with Crippen LogP contribution in [0.3, 0.4) is 0 Å². The van der Waals surface area contributed by atoms with Gasteiger partial charge in [-0.1, -0.05) is 19.6 Å². The Hall–Kier alpha value is -0.850. The summed E-state index contributed by atoms with van der Waals surface area (Å²) >= 11 is 0. The fourth-order valence-electron chi connectivity index (χ4n) is 0.459. The Morgan fingerprint density at radius 3 is 2.67 bits per heavy atom. The summed E-state index contributed by atoms with van der Waals surface area (Å²) in [7, 11) is 0. The van der Waals surface area contributed by atoms with Crippen molar-refractivity contribution in [1.82, 2.24) is 0 Å². The second-order valence-corrected chi connectivity index (χ2v) is 1.67. The lowest BCUT2D eigenvalue weighted by Crippen LogP contribution is -1.70. The molecule has 0 aromatic heterocycles. The molecule has 0 unspecified atom stereocenters. The van der Waals surface area contributed by atoms with E-state index in [4.69, 9.17) is 0 Å². The maximum atomic E-state index is 3.96. The normalized spacial score (nSPS) is 12.4. The average Bonchev–Trinajstić information content (AvgIpc) is 1.91. The number of aliphatic imine (C=N–C) groups is 1. The van der Waals surface area contributed by atoms with Crippen LogP contribution in [0.5, 0.6) is 0 Å². The Kier molecular flexibility index (Phi) is 4.79. The quantitative estimate of drug-likeness (QED) is 0.404. The van der Waals surface area contributed by atoms with Crippen molar-refractivity contribution in [3.8, 4) is 0 Å². The van der Waals surface area contributed by atoms with Crippen LogP contribution in [0.2, 0.25) is 0 Å². The first kappa shape index (κ1) is 8.15. The van der Waals surface area contributed by atoms with E-state index in [1.54, 1.807) is 6.21 Å². The maximum absolute atomic E-state index is 3.96. The zero-order valence-electron chi connectivity index (χ0n) is 6.09. The van der Waals surface area contributed by atoms with Crippen molar-refractivity contribution in [2.75, 3.05) is 0 Å². The largest absolute Gasteiger partial charge is 0.269 e. The molecule has 1 heteroatoms. The maximum Gasteiger partial charge on any atom is 0.0295 e. The van der Waals surface area contributed by atoms with E-state index in [9.17, 15) is 0 Å². The molecule has 0 aliphatic heterocycles. The Morgan fingerprint density at radius 1 is 1.67 bits per heavy atom. The van der Waals surface area contributed by atoms with Crippen LogP contribution in [-0.2, 0) is 0 Å². The number of allylic oxidation sites excluding steroid dienone is 2. The molecule has 0 heterocycles. The molecule has 50 valence electrons. The van der Waals surface area contributed by atoms with Crippen LogP contribution in [0, 0.1) is 0 Å². The lowest BCUT2D eigenvalue weighted by Gasteiger charge is -1.89. The Balaban J connectivity index is 3.90. The monoisotopic (exact) mass is 123 g/mol. The van der Waals surface area contributed by atoms with Gasteiger partial charge in [0.15, 0.2) is 0 Å². The second-order valence-electron chi connectivity index (χ2n) is 1.67. The fraction of sp³-hybridized carbons (Fsp3) is 0.375. The molecule has 0 fully saturated rings. The summed E-state index contributed by atoms with van der Waals surface area (Å²) in [5.74, 6) is 0. The van der Waals surface area contributed by atoms with Gasteiger partial charge in [-0.25, -0.2) is 0 Å². The predicted octanol–water partition coefficient (Wildman–Crippen LogP) is 2.56. The van der Waals surface area contributed by atoms with Gasteiger partial charge in [0.1, 0.15) is 0 Å². The molecular weight excluding hydrogens is 110 g/mol. The summed E-state index contributed by atoms with van der Waals surface area (Å²) in [6.45, 7) is 7.62. The van der Waals surface area contributed by atoms with Crippen molar-refractivity contribution in [2.24, 2.45) is 4.99 Å². The first-order valence-corrected chi connectivity index (χ1v) is 3.14. The number of rotatable bonds is 3. The fourth-order valence-corrected chi connectivity index (χ4v) is 0.459. The standard InChI is InChI=1S/C8H13N/c1-4-8(5-2)7-9-6-3/h4,6-7H,1,5H2,2-3H3/b8-7-,9-6?. The molecule has 0 amide bonds. The zero-order valence-corrected chi connectivity index (χ0v) is 6.09. The van der Waals surface area contributed by atoms with E-state index in [1.165, 1.54) is 5.57 Å². The molecule has 0 spiro atoms. The first-order chi connectivity index (χ1) is 4.35. The molecular formula is C8H13N. The molecule has 0 atom stereocenters. The van der Waals surface area contributed by atoms with E-state index in [1.807, 2.05) is 19.2 Å². The summed E-state index contributed by atoms with van der Waals surface area (Å²) in [6, 6.07) is 0. The minimum Gasteiger partial charge on any atom is -0.269 e. The molecule has 0 bridgehead atoms.